The van der Waals surface area contributed by atoms with Gasteiger partial charge in [-0.25, -0.2) is 0 Å². The highest BCUT2D eigenvalue weighted by molar-refractivity contribution is 7.99. The fourth-order valence-electron chi connectivity index (χ4n) is 1.98. The molecule has 0 aromatic rings. The smallest absolute Gasteiger partial charge is 0.318 e. The van der Waals surface area contributed by atoms with Crippen LogP contribution in [-0.4, -0.2) is 30.4 Å². The van der Waals surface area contributed by atoms with Crippen LogP contribution in [0.15, 0.2) is 0 Å². The lowest BCUT2D eigenvalue weighted by molar-refractivity contribution is -0.140. The van der Waals surface area contributed by atoms with E-state index in [-0.39, 0.29) is 17.1 Å². The molecule has 3 nitrogen and oxygen atoms in total. The Hall–Kier alpha value is -0.510. The fourth-order valence-corrected chi connectivity index (χ4v) is 2.70. The maximum absolute atomic E-state index is 11.6. The molecule has 1 aliphatic rings. The summed E-state index contributed by atoms with van der Waals surface area (Å²) in [6.07, 6.45) is 6.28. The molecule has 0 bridgehead atoms. The normalized spacial score (nSPS) is 23.6. The molecule has 0 radical (unpaired) electrons. The van der Waals surface area contributed by atoms with Crippen LogP contribution in [0.1, 0.15) is 32.1 Å². The molecule has 4 heteroatoms. The Bertz CT molecular complexity index is 232. The largest absolute Gasteiger partial charge is 0.468 e. The van der Waals surface area contributed by atoms with Crippen LogP contribution in [0.5, 0.6) is 0 Å². The maximum Gasteiger partial charge on any atom is 0.318 e. The van der Waals surface area contributed by atoms with E-state index in [0.717, 1.165) is 19.3 Å². The second-order valence-electron chi connectivity index (χ2n) is 3.89. The van der Waals surface area contributed by atoms with Crippen molar-refractivity contribution in [3.63, 3.8) is 0 Å². The summed E-state index contributed by atoms with van der Waals surface area (Å²) >= 11 is 1.47. The van der Waals surface area contributed by atoms with Gasteiger partial charge in [0.2, 0.25) is 0 Å². The highest BCUT2D eigenvalue weighted by Crippen LogP contribution is 2.28. The highest BCUT2D eigenvalue weighted by Gasteiger charge is 2.28. The Morgan fingerprint density at radius 3 is 2.87 bits per heavy atom. The van der Waals surface area contributed by atoms with Crippen LogP contribution in [0.25, 0.3) is 0 Å². The van der Waals surface area contributed by atoms with Gasteiger partial charge in [0.1, 0.15) is 11.0 Å². The zero-order valence-corrected chi connectivity index (χ0v) is 10.1. The van der Waals surface area contributed by atoms with Crippen LogP contribution in [0.2, 0.25) is 0 Å². The molecule has 0 N–H and O–H groups in total. The zero-order chi connectivity index (χ0) is 11.3. The number of hydrogen-bond donors (Lipinski definition) is 0. The van der Waals surface area contributed by atoms with Crippen molar-refractivity contribution >= 4 is 23.5 Å². The predicted molar refractivity (Wildman–Crippen MR) is 60.9 cm³/mol. The van der Waals surface area contributed by atoms with Crippen molar-refractivity contribution < 1.29 is 14.3 Å². The molecule has 15 heavy (non-hydrogen) atoms. The van der Waals surface area contributed by atoms with Gasteiger partial charge in [-0.2, -0.15) is 11.8 Å². The first-order valence-electron chi connectivity index (χ1n) is 5.32. The van der Waals surface area contributed by atoms with E-state index in [9.17, 15) is 9.59 Å². The molecule has 86 valence electrons. The number of thioether (sulfide) groups is 1. The third-order valence-corrected chi connectivity index (χ3v) is 3.88. The molecular formula is C11H18O3S. The quantitative estimate of drug-likeness (QED) is 0.693. The van der Waals surface area contributed by atoms with Gasteiger partial charge in [0.25, 0.3) is 0 Å². The summed E-state index contributed by atoms with van der Waals surface area (Å²) in [7, 11) is 1.40. The van der Waals surface area contributed by atoms with Gasteiger partial charge in [-0.3, -0.25) is 9.59 Å². The van der Waals surface area contributed by atoms with Gasteiger partial charge in [-0.1, -0.05) is 6.42 Å². The van der Waals surface area contributed by atoms with E-state index >= 15 is 0 Å². The lowest BCUT2D eigenvalue weighted by atomic mass is 9.85. The van der Waals surface area contributed by atoms with Crippen molar-refractivity contribution in [2.45, 2.75) is 37.4 Å². The van der Waals surface area contributed by atoms with Gasteiger partial charge >= 0.3 is 5.97 Å². The number of carbonyl (C=O) groups excluding carboxylic acids is 2. The Kier molecular flexibility index (Phi) is 5.15. The van der Waals surface area contributed by atoms with E-state index < -0.39 is 0 Å². The number of ketones is 1. The van der Waals surface area contributed by atoms with Gasteiger partial charge in [-0.15, -0.1) is 0 Å². The molecule has 2 unspecified atom stereocenters. The van der Waals surface area contributed by atoms with Crippen molar-refractivity contribution in [1.29, 1.82) is 0 Å². The van der Waals surface area contributed by atoms with E-state index in [1.807, 2.05) is 6.26 Å². The summed E-state index contributed by atoms with van der Waals surface area (Å²) in [5, 5.41) is -0.179. The number of methoxy groups -OCH3 is 1. The minimum Gasteiger partial charge on any atom is -0.468 e. The third-order valence-electron chi connectivity index (χ3n) is 2.93. The van der Waals surface area contributed by atoms with E-state index in [0.29, 0.717) is 18.6 Å². The van der Waals surface area contributed by atoms with Crippen LogP contribution < -0.4 is 0 Å². The SMILES string of the molecule is COC(=O)C(CC1CCCCC1=O)SC. The third kappa shape index (κ3) is 3.52. The first-order valence-corrected chi connectivity index (χ1v) is 6.61. The number of esters is 1. The molecule has 1 fully saturated rings. The molecule has 0 heterocycles. The summed E-state index contributed by atoms with van der Waals surface area (Å²) < 4.78 is 4.71. The minimum atomic E-state index is -0.208. The number of ether oxygens (including phenoxy) is 1. The lowest BCUT2D eigenvalue weighted by Crippen LogP contribution is -2.27. The average molecular weight is 230 g/mol. The topological polar surface area (TPSA) is 43.4 Å². The standard InChI is InChI=1S/C11H18O3S/c1-14-11(13)10(15-2)7-8-5-3-4-6-9(8)12/h8,10H,3-7H2,1-2H3. The molecule has 1 saturated carbocycles. The van der Waals surface area contributed by atoms with Crippen LogP contribution in [0, 0.1) is 5.92 Å². The summed E-state index contributed by atoms with van der Waals surface area (Å²) in [6.45, 7) is 0. The molecule has 1 rings (SSSR count). The predicted octanol–water partition coefficient (Wildman–Crippen LogP) is 2.04. The van der Waals surface area contributed by atoms with Crippen LogP contribution in [-0.2, 0) is 14.3 Å². The molecule has 2 atom stereocenters. The Balaban J connectivity index is 2.49. The summed E-state index contributed by atoms with van der Waals surface area (Å²) in [5.74, 6) is 0.195. The minimum absolute atomic E-state index is 0.0790. The second kappa shape index (κ2) is 6.16. The molecule has 0 aliphatic heterocycles. The van der Waals surface area contributed by atoms with Gasteiger partial charge < -0.3 is 4.74 Å². The molecule has 0 saturated heterocycles. The Labute approximate surface area is 94.9 Å². The Morgan fingerprint density at radius 2 is 2.33 bits per heavy atom. The van der Waals surface area contributed by atoms with E-state index in [1.54, 1.807) is 0 Å². The number of rotatable bonds is 4. The van der Waals surface area contributed by atoms with Crippen molar-refractivity contribution in [3.8, 4) is 0 Å². The van der Waals surface area contributed by atoms with Crippen LogP contribution in [0.4, 0.5) is 0 Å². The molecule has 0 spiro atoms. The van der Waals surface area contributed by atoms with Gasteiger partial charge in [0.15, 0.2) is 0 Å². The lowest BCUT2D eigenvalue weighted by Gasteiger charge is -2.23. The van der Waals surface area contributed by atoms with Crippen LogP contribution in [0.3, 0.4) is 0 Å². The van der Waals surface area contributed by atoms with Gasteiger partial charge in [0, 0.05) is 12.3 Å². The maximum atomic E-state index is 11.6. The number of Topliss-reactive ketones (excluding diaryl/α,β-unsaturated/α-hetero) is 1. The second-order valence-corrected chi connectivity index (χ2v) is 4.93. The fraction of sp³-hybridized carbons (Fsp3) is 0.818. The van der Waals surface area contributed by atoms with E-state index in [4.69, 9.17) is 4.74 Å². The Morgan fingerprint density at radius 1 is 1.60 bits per heavy atom. The van der Waals surface area contributed by atoms with Crippen molar-refractivity contribution in [3.05, 3.63) is 0 Å². The summed E-state index contributed by atoms with van der Waals surface area (Å²) in [5.41, 5.74) is 0. The monoisotopic (exact) mass is 230 g/mol. The van der Waals surface area contributed by atoms with E-state index in [1.165, 1.54) is 18.9 Å². The van der Waals surface area contributed by atoms with Crippen LogP contribution >= 0.6 is 11.8 Å². The van der Waals surface area contributed by atoms with E-state index in [2.05, 4.69) is 0 Å². The highest BCUT2D eigenvalue weighted by atomic mass is 32.2. The van der Waals surface area contributed by atoms with Gasteiger partial charge in [0.05, 0.1) is 7.11 Å². The molecule has 0 aromatic heterocycles. The summed E-state index contributed by atoms with van der Waals surface area (Å²) in [4.78, 5) is 23.0. The number of hydrogen-bond acceptors (Lipinski definition) is 4. The molecule has 1 aliphatic carbocycles. The summed E-state index contributed by atoms with van der Waals surface area (Å²) in [6, 6.07) is 0. The van der Waals surface area contributed by atoms with Crippen molar-refractivity contribution in [2.24, 2.45) is 5.92 Å². The van der Waals surface area contributed by atoms with Crippen molar-refractivity contribution in [1.82, 2.24) is 0 Å². The number of carbonyl (C=O) groups is 2. The van der Waals surface area contributed by atoms with Gasteiger partial charge in [-0.05, 0) is 25.5 Å². The first-order chi connectivity index (χ1) is 7.19. The molecular weight excluding hydrogens is 212 g/mol. The first kappa shape index (κ1) is 12.6. The van der Waals surface area contributed by atoms with Crippen molar-refractivity contribution in [2.75, 3.05) is 13.4 Å². The molecule has 0 aromatic carbocycles. The average Bonchev–Trinajstić information content (AvgIpc) is 2.27. The zero-order valence-electron chi connectivity index (χ0n) is 9.32. The molecule has 0 amide bonds.